The minimum atomic E-state index is 0.212. The second-order valence-electron chi connectivity index (χ2n) is 3.83. The van der Waals surface area contributed by atoms with Crippen LogP contribution in [-0.2, 0) is 0 Å². The molecule has 6 heteroatoms. The maximum absolute atomic E-state index is 5.96. The van der Waals surface area contributed by atoms with Gasteiger partial charge in [0.25, 0.3) is 0 Å². The number of halogens is 1. The SMILES string of the molecule is CNc1cc(Nc2cc(Cl)ccc2C)nc(N)n1. The highest BCUT2D eigenvalue weighted by Crippen LogP contribution is 2.24. The van der Waals surface area contributed by atoms with E-state index in [9.17, 15) is 0 Å². The fraction of sp³-hybridized carbons (Fsp3) is 0.167. The quantitative estimate of drug-likeness (QED) is 0.794. The summed E-state index contributed by atoms with van der Waals surface area (Å²) in [4.78, 5) is 8.14. The Morgan fingerprint density at radius 1 is 1.17 bits per heavy atom. The molecule has 18 heavy (non-hydrogen) atoms. The van der Waals surface area contributed by atoms with Crippen LogP contribution in [0.1, 0.15) is 5.56 Å². The largest absolute Gasteiger partial charge is 0.373 e. The van der Waals surface area contributed by atoms with Crippen molar-refractivity contribution in [3.8, 4) is 0 Å². The molecule has 0 fully saturated rings. The van der Waals surface area contributed by atoms with Crippen molar-refractivity contribution in [3.63, 3.8) is 0 Å². The fourth-order valence-electron chi connectivity index (χ4n) is 1.52. The average molecular weight is 264 g/mol. The average Bonchev–Trinajstić information content (AvgIpc) is 2.33. The molecule has 2 rings (SSSR count). The van der Waals surface area contributed by atoms with Crippen LogP contribution in [0, 0.1) is 6.92 Å². The van der Waals surface area contributed by atoms with Crippen molar-refractivity contribution in [1.29, 1.82) is 0 Å². The van der Waals surface area contributed by atoms with E-state index in [0.29, 0.717) is 16.7 Å². The Balaban J connectivity index is 2.33. The van der Waals surface area contributed by atoms with Gasteiger partial charge in [0.05, 0.1) is 0 Å². The van der Waals surface area contributed by atoms with Crippen molar-refractivity contribution in [2.75, 3.05) is 23.4 Å². The van der Waals surface area contributed by atoms with E-state index in [0.717, 1.165) is 11.3 Å². The van der Waals surface area contributed by atoms with Gasteiger partial charge in [-0.3, -0.25) is 0 Å². The molecule has 0 radical (unpaired) electrons. The Morgan fingerprint density at radius 2 is 1.89 bits per heavy atom. The third-order valence-corrected chi connectivity index (χ3v) is 2.70. The van der Waals surface area contributed by atoms with Gasteiger partial charge in [-0.1, -0.05) is 17.7 Å². The summed E-state index contributed by atoms with van der Waals surface area (Å²) in [6.45, 7) is 1.99. The molecule has 0 aliphatic carbocycles. The molecule has 94 valence electrons. The van der Waals surface area contributed by atoms with E-state index in [2.05, 4.69) is 20.6 Å². The Labute approximate surface area is 110 Å². The van der Waals surface area contributed by atoms with E-state index >= 15 is 0 Å². The normalized spacial score (nSPS) is 10.2. The minimum Gasteiger partial charge on any atom is -0.373 e. The Bertz CT molecular complexity index is 570. The monoisotopic (exact) mass is 263 g/mol. The summed E-state index contributed by atoms with van der Waals surface area (Å²) in [5, 5.41) is 6.76. The lowest BCUT2D eigenvalue weighted by molar-refractivity contribution is 1.17. The highest BCUT2D eigenvalue weighted by molar-refractivity contribution is 6.30. The second-order valence-corrected chi connectivity index (χ2v) is 4.27. The number of nitrogen functional groups attached to an aromatic ring is 1. The third-order valence-electron chi connectivity index (χ3n) is 2.46. The van der Waals surface area contributed by atoms with Crippen LogP contribution in [0.25, 0.3) is 0 Å². The van der Waals surface area contributed by atoms with Gasteiger partial charge < -0.3 is 16.4 Å². The third kappa shape index (κ3) is 2.81. The Morgan fingerprint density at radius 3 is 2.61 bits per heavy atom. The number of hydrogen-bond donors (Lipinski definition) is 3. The Kier molecular flexibility index (Phi) is 3.53. The van der Waals surface area contributed by atoms with E-state index in [-0.39, 0.29) is 5.95 Å². The highest BCUT2D eigenvalue weighted by atomic mass is 35.5. The molecule has 0 aliphatic rings. The van der Waals surface area contributed by atoms with Gasteiger partial charge in [-0.25, -0.2) is 0 Å². The lowest BCUT2D eigenvalue weighted by atomic mass is 10.2. The molecular formula is C12H14ClN5. The standard InChI is InChI=1S/C12H14ClN5/c1-7-3-4-8(13)5-9(7)16-11-6-10(15-2)17-12(14)18-11/h3-6H,1-2H3,(H4,14,15,16,17,18). The molecule has 1 aromatic carbocycles. The first-order valence-electron chi connectivity index (χ1n) is 5.44. The molecule has 0 bridgehead atoms. The molecular weight excluding hydrogens is 250 g/mol. The van der Waals surface area contributed by atoms with Crippen LogP contribution >= 0.6 is 11.6 Å². The number of nitrogens with two attached hydrogens (primary N) is 1. The summed E-state index contributed by atoms with van der Waals surface area (Å²) < 4.78 is 0. The zero-order chi connectivity index (χ0) is 13.1. The molecule has 0 spiro atoms. The lowest BCUT2D eigenvalue weighted by Crippen LogP contribution is -2.03. The maximum Gasteiger partial charge on any atom is 0.223 e. The molecule has 1 aromatic heterocycles. The first-order chi connectivity index (χ1) is 8.58. The van der Waals surface area contributed by atoms with Crippen molar-refractivity contribution >= 4 is 34.9 Å². The number of aromatic nitrogens is 2. The zero-order valence-electron chi connectivity index (χ0n) is 10.2. The van der Waals surface area contributed by atoms with E-state index in [1.165, 1.54) is 0 Å². The van der Waals surface area contributed by atoms with Crippen molar-refractivity contribution < 1.29 is 0 Å². The summed E-state index contributed by atoms with van der Waals surface area (Å²) >= 11 is 5.96. The minimum absolute atomic E-state index is 0.212. The summed E-state index contributed by atoms with van der Waals surface area (Å²) in [6.07, 6.45) is 0. The van der Waals surface area contributed by atoms with Gasteiger partial charge in [0.2, 0.25) is 5.95 Å². The van der Waals surface area contributed by atoms with Gasteiger partial charge >= 0.3 is 0 Å². The summed E-state index contributed by atoms with van der Waals surface area (Å²) in [7, 11) is 1.77. The van der Waals surface area contributed by atoms with Crippen LogP contribution in [0.15, 0.2) is 24.3 Å². The smallest absolute Gasteiger partial charge is 0.223 e. The molecule has 0 saturated carbocycles. The van der Waals surface area contributed by atoms with Crippen LogP contribution in [0.4, 0.5) is 23.3 Å². The number of nitrogens with one attached hydrogen (secondary N) is 2. The van der Waals surface area contributed by atoms with Gasteiger partial charge in [0, 0.05) is 23.8 Å². The summed E-state index contributed by atoms with van der Waals surface area (Å²) in [5.41, 5.74) is 7.59. The number of anilines is 4. The van der Waals surface area contributed by atoms with Gasteiger partial charge in [0.1, 0.15) is 11.6 Å². The van der Waals surface area contributed by atoms with Crippen LogP contribution < -0.4 is 16.4 Å². The van der Waals surface area contributed by atoms with Crippen LogP contribution in [0.3, 0.4) is 0 Å². The van der Waals surface area contributed by atoms with Crippen LogP contribution in [0.5, 0.6) is 0 Å². The van der Waals surface area contributed by atoms with Gasteiger partial charge in [-0.15, -0.1) is 0 Å². The van der Waals surface area contributed by atoms with Gasteiger partial charge in [0.15, 0.2) is 0 Å². The van der Waals surface area contributed by atoms with Crippen molar-refractivity contribution in [1.82, 2.24) is 9.97 Å². The van der Waals surface area contributed by atoms with Crippen molar-refractivity contribution in [2.45, 2.75) is 6.92 Å². The Hall–Kier alpha value is -2.01. The number of hydrogen-bond acceptors (Lipinski definition) is 5. The van der Waals surface area contributed by atoms with Crippen molar-refractivity contribution in [3.05, 3.63) is 34.9 Å². The molecule has 0 atom stereocenters. The predicted octanol–water partition coefficient (Wildman–Crippen LogP) is 2.81. The predicted molar refractivity (Wildman–Crippen MR) is 75.5 cm³/mol. The van der Waals surface area contributed by atoms with E-state index in [4.69, 9.17) is 17.3 Å². The molecule has 0 saturated heterocycles. The first-order valence-corrected chi connectivity index (χ1v) is 5.82. The molecule has 0 amide bonds. The van der Waals surface area contributed by atoms with Gasteiger partial charge in [-0.2, -0.15) is 9.97 Å². The lowest BCUT2D eigenvalue weighted by Gasteiger charge is -2.10. The highest BCUT2D eigenvalue weighted by Gasteiger charge is 2.04. The molecule has 5 nitrogen and oxygen atoms in total. The fourth-order valence-corrected chi connectivity index (χ4v) is 1.70. The van der Waals surface area contributed by atoms with E-state index in [1.807, 2.05) is 25.1 Å². The molecule has 0 aliphatic heterocycles. The van der Waals surface area contributed by atoms with Crippen LogP contribution in [-0.4, -0.2) is 17.0 Å². The number of nitrogens with zero attached hydrogens (tertiary/aromatic N) is 2. The molecule has 4 N–H and O–H groups in total. The zero-order valence-corrected chi connectivity index (χ0v) is 10.9. The molecule has 0 unspecified atom stereocenters. The summed E-state index contributed by atoms with van der Waals surface area (Å²) in [6, 6.07) is 7.40. The first kappa shape index (κ1) is 12.4. The van der Waals surface area contributed by atoms with Crippen molar-refractivity contribution in [2.24, 2.45) is 0 Å². The van der Waals surface area contributed by atoms with E-state index in [1.54, 1.807) is 13.1 Å². The van der Waals surface area contributed by atoms with E-state index < -0.39 is 0 Å². The number of benzene rings is 1. The van der Waals surface area contributed by atoms with Crippen LogP contribution in [0.2, 0.25) is 5.02 Å². The number of aryl methyl sites for hydroxylation is 1. The number of rotatable bonds is 3. The maximum atomic E-state index is 5.96. The summed E-state index contributed by atoms with van der Waals surface area (Å²) in [5.74, 6) is 1.49. The van der Waals surface area contributed by atoms with Gasteiger partial charge in [-0.05, 0) is 24.6 Å². The molecule has 2 aromatic rings. The molecule has 1 heterocycles. The second kappa shape index (κ2) is 5.10. The topological polar surface area (TPSA) is 75.9 Å².